The van der Waals surface area contributed by atoms with Gasteiger partial charge in [0, 0.05) is 12.2 Å². The van der Waals surface area contributed by atoms with E-state index in [0.717, 1.165) is 11.4 Å². The molecule has 0 fully saturated rings. The lowest BCUT2D eigenvalue weighted by Gasteiger charge is -2.25. The van der Waals surface area contributed by atoms with Crippen LogP contribution in [0.5, 0.6) is 5.75 Å². The van der Waals surface area contributed by atoms with Gasteiger partial charge in [-0.25, -0.2) is 4.79 Å². The predicted octanol–water partition coefficient (Wildman–Crippen LogP) is 3.11. The molecule has 2 rings (SSSR count). The molecule has 0 saturated heterocycles. The first-order valence-electron chi connectivity index (χ1n) is 7.39. The molecule has 1 unspecified atom stereocenters. The summed E-state index contributed by atoms with van der Waals surface area (Å²) in [4.78, 5) is 13.0. The average Bonchev–Trinajstić information content (AvgIpc) is 2.55. The van der Waals surface area contributed by atoms with Crippen LogP contribution in [0.15, 0.2) is 48.5 Å². The molecule has 23 heavy (non-hydrogen) atoms. The third-order valence-electron chi connectivity index (χ3n) is 3.76. The third-order valence-corrected chi connectivity index (χ3v) is 3.76. The number of carbonyl (C=O) groups is 1. The fourth-order valence-corrected chi connectivity index (χ4v) is 2.37. The van der Waals surface area contributed by atoms with Crippen LogP contribution in [-0.4, -0.2) is 43.7 Å². The number of likely N-dealkylation sites (N-methyl/N-ethyl adjacent to an activating group) is 1. The molecule has 0 radical (unpaired) electrons. The summed E-state index contributed by atoms with van der Waals surface area (Å²) in [6, 6.07) is 15.0. The second-order valence-corrected chi connectivity index (χ2v) is 5.52. The molecular weight excluding hydrogens is 292 g/mol. The minimum absolute atomic E-state index is 0.194. The van der Waals surface area contributed by atoms with Crippen molar-refractivity contribution in [2.45, 2.75) is 6.04 Å². The first-order valence-corrected chi connectivity index (χ1v) is 7.39. The van der Waals surface area contributed by atoms with Crippen molar-refractivity contribution in [2.75, 3.05) is 33.1 Å². The van der Waals surface area contributed by atoms with Crippen molar-refractivity contribution in [3.8, 4) is 5.75 Å². The number of nitrogens with one attached hydrogen (secondary N) is 1. The number of benzene rings is 2. The summed E-state index contributed by atoms with van der Waals surface area (Å²) < 4.78 is 5.19. The predicted molar refractivity (Wildman–Crippen MR) is 91.3 cm³/mol. The van der Waals surface area contributed by atoms with E-state index in [2.05, 4.69) is 22.3 Å². The van der Waals surface area contributed by atoms with Gasteiger partial charge in [-0.05, 0) is 56.1 Å². The fourth-order valence-electron chi connectivity index (χ4n) is 2.37. The van der Waals surface area contributed by atoms with Gasteiger partial charge in [0.05, 0.1) is 18.7 Å². The van der Waals surface area contributed by atoms with Crippen molar-refractivity contribution in [3.63, 3.8) is 0 Å². The number of hydrogen-bond acceptors (Lipinski definition) is 4. The van der Waals surface area contributed by atoms with Crippen LogP contribution < -0.4 is 10.1 Å². The summed E-state index contributed by atoms with van der Waals surface area (Å²) in [5.41, 5.74) is 2.37. The van der Waals surface area contributed by atoms with E-state index in [1.54, 1.807) is 31.4 Å². The topological polar surface area (TPSA) is 61.8 Å². The van der Waals surface area contributed by atoms with E-state index in [0.29, 0.717) is 6.54 Å². The van der Waals surface area contributed by atoms with Crippen molar-refractivity contribution < 1.29 is 14.6 Å². The third kappa shape index (κ3) is 4.47. The number of aromatic carboxylic acids is 1. The number of rotatable bonds is 7. The van der Waals surface area contributed by atoms with Crippen LogP contribution in [0.3, 0.4) is 0 Å². The lowest BCUT2D eigenvalue weighted by atomic mass is 10.1. The van der Waals surface area contributed by atoms with Gasteiger partial charge >= 0.3 is 5.97 Å². The van der Waals surface area contributed by atoms with Crippen molar-refractivity contribution >= 4 is 11.7 Å². The molecule has 0 spiro atoms. The Kier molecular flexibility index (Phi) is 5.60. The number of hydrogen-bond donors (Lipinski definition) is 2. The molecule has 0 amide bonds. The van der Waals surface area contributed by atoms with Gasteiger partial charge in [-0.3, -0.25) is 0 Å². The minimum Gasteiger partial charge on any atom is -0.497 e. The van der Waals surface area contributed by atoms with Crippen molar-refractivity contribution in [1.82, 2.24) is 4.90 Å². The highest BCUT2D eigenvalue weighted by molar-refractivity contribution is 5.87. The molecule has 2 aromatic rings. The standard InChI is InChI=1S/C18H22N2O3/c1-20(2)17(13-6-10-16(23-3)11-7-13)12-19-15-8-4-14(5-9-15)18(21)22/h4-11,17,19H,12H2,1-3H3,(H,21,22). The van der Waals surface area contributed by atoms with Gasteiger partial charge in [0.2, 0.25) is 0 Å². The van der Waals surface area contributed by atoms with Gasteiger partial charge in [-0.2, -0.15) is 0 Å². The maximum Gasteiger partial charge on any atom is 0.335 e. The van der Waals surface area contributed by atoms with Crippen molar-refractivity contribution in [3.05, 3.63) is 59.7 Å². The van der Waals surface area contributed by atoms with Crippen LogP contribution in [0.2, 0.25) is 0 Å². The van der Waals surface area contributed by atoms with Gasteiger partial charge in [-0.1, -0.05) is 12.1 Å². The molecule has 0 saturated carbocycles. The van der Waals surface area contributed by atoms with Gasteiger partial charge < -0.3 is 20.1 Å². The molecule has 2 aromatic carbocycles. The van der Waals surface area contributed by atoms with Crippen molar-refractivity contribution in [2.24, 2.45) is 0 Å². The first kappa shape index (κ1) is 16.8. The number of ether oxygens (including phenoxy) is 1. The van der Waals surface area contributed by atoms with Crippen LogP contribution in [0.4, 0.5) is 5.69 Å². The smallest absolute Gasteiger partial charge is 0.335 e. The molecule has 0 aliphatic carbocycles. The van der Waals surface area contributed by atoms with Crippen LogP contribution in [0.25, 0.3) is 0 Å². The molecule has 2 N–H and O–H groups in total. The van der Waals surface area contributed by atoms with E-state index < -0.39 is 5.97 Å². The lowest BCUT2D eigenvalue weighted by molar-refractivity contribution is 0.0697. The molecule has 5 heteroatoms. The summed E-state index contributed by atoms with van der Waals surface area (Å²) in [7, 11) is 5.72. The second kappa shape index (κ2) is 7.65. The summed E-state index contributed by atoms with van der Waals surface area (Å²) >= 11 is 0. The summed E-state index contributed by atoms with van der Waals surface area (Å²) in [6.07, 6.45) is 0. The Balaban J connectivity index is 2.05. The van der Waals surface area contributed by atoms with E-state index >= 15 is 0 Å². The molecular formula is C18H22N2O3. The Morgan fingerprint density at radius 1 is 1.13 bits per heavy atom. The van der Waals surface area contributed by atoms with Gasteiger partial charge in [0.1, 0.15) is 5.75 Å². The zero-order chi connectivity index (χ0) is 16.8. The Labute approximate surface area is 136 Å². The second-order valence-electron chi connectivity index (χ2n) is 5.52. The number of anilines is 1. The molecule has 0 aliphatic rings. The fraction of sp³-hybridized carbons (Fsp3) is 0.278. The van der Waals surface area contributed by atoms with Gasteiger partial charge in [0.15, 0.2) is 0 Å². The molecule has 5 nitrogen and oxygen atoms in total. The molecule has 0 aromatic heterocycles. The molecule has 0 heterocycles. The summed E-state index contributed by atoms with van der Waals surface area (Å²) in [5.74, 6) is -0.0792. The van der Waals surface area contributed by atoms with Gasteiger partial charge in [0.25, 0.3) is 0 Å². The van der Waals surface area contributed by atoms with Gasteiger partial charge in [-0.15, -0.1) is 0 Å². The Morgan fingerprint density at radius 3 is 2.22 bits per heavy atom. The van der Waals surface area contributed by atoms with Crippen LogP contribution in [0, 0.1) is 0 Å². The van der Waals surface area contributed by atoms with Crippen molar-refractivity contribution in [1.29, 1.82) is 0 Å². The molecule has 1 atom stereocenters. The number of methoxy groups -OCH3 is 1. The quantitative estimate of drug-likeness (QED) is 0.822. The van der Waals surface area contributed by atoms with E-state index in [9.17, 15) is 4.79 Å². The highest BCUT2D eigenvalue weighted by Gasteiger charge is 2.14. The molecule has 0 aliphatic heterocycles. The molecule has 0 bridgehead atoms. The zero-order valence-corrected chi connectivity index (χ0v) is 13.6. The zero-order valence-electron chi connectivity index (χ0n) is 13.6. The van der Waals surface area contributed by atoms with E-state index in [1.807, 2.05) is 26.2 Å². The van der Waals surface area contributed by atoms with Crippen LogP contribution >= 0.6 is 0 Å². The summed E-state index contributed by atoms with van der Waals surface area (Å²) in [6.45, 7) is 0.714. The summed E-state index contributed by atoms with van der Waals surface area (Å²) in [5, 5.41) is 12.3. The number of carboxylic acid groups (broad SMARTS) is 1. The lowest BCUT2D eigenvalue weighted by Crippen LogP contribution is -2.26. The highest BCUT2D eigenvalue weighted by atomic mass is 16.5. The largest absolute Gasteiger partial charge is 0.497 e. The Hall–Kier alpha value is -2.53. The van der Waals surface area contributed by atoms with Crippen LogP contribution in [0.1, 0.15) is 22.0 Å². The number of nitrogens with zero attached hydrogens (tertiary/aromatic N) is 1. The van der Waals surface area contributed by atoms with E-state index in [-0.39, 0.29) is 11.6 Å². The maximum absolute atomic E-state index is 10.9. The van der Waals surface area contributed by atoms with Crippen LogP contribution in [-0.2, 0) is 0 Å². The monoisotopic (exact) mass is 314 g/mol. The number of carboxylic acids is 1. The Morgan fingerprint density at radius 2 is 1.74 bits per heavy atom. The molecule has 122 valence electrons. The Bertz CT molecular complexity index is 636. The minimum atomic E-state index is -0.916. The average molecular weight is 314 g/mol. The van der Waals surface area contributed by atoms with E-state index in [4.69, 9.17) is 9.84 Å². The maximum atomic E-state index is 10.9. The highest BCUT2D eigenvalue weighted by Crippen LogP contribution is 2.22. The first-order chi connectivity index (χ1) is 11.0. The van der Waals surface area contributed by atoms with E-state index in [1.165, 1.54) is 5.56 Å². The SMILES string of the molecule is COc1ccc(C(CNc2ccc(C(=O)O)cc2)N(C)C)cc1. The normalized spacial score (nSPS) is 12.0.